The van der Waals surface area contributed by atoms with Crippen LogP contribution < -0.4 is 5.32 Å². The highest BCUT2D eigenvalue weighted by Gasteiger charge is 2.32. The quantitative estimate of drug-likeness (QED) is 0.880. The van der Waals surface area contributed by atoms with Gasteiger partial charge in [-0.05, 0) is 24.3 Å². The van der Waals surface area contributed by atoms with E-state index in [9.17, 15) is 0 Å². The van der Waals surface area contributed by atoms with Gasteiger partial charge in [0.25, 0.3) is 0 Å². The van der Waals surface area contributed by atoms with E-state index in [2.05, 4.69) is 15.3 Å². The first-order valence-electron chi connectivity index (χ1n) is 5.93. The van der Waals surface area contributed by atoms with Crippen molar-refractivity contribution in [2.75, 3.05) is 24.4 Å². The number of alkyl halides is 1. The van der Waals surface area contributed by atoms with E-state index in [1.165, 1.54) is 0 Å². The van der Waals surface area contributed by atoms with E-state index in [1.54, 1.807) is 17.7 Å². The number of anilines is 1. The number of thiophene rings is 1. The third-order valence-corrected chi connectivity index (χ3v) is 4.68. The Hall–Kier alpha value is -0.910. The molecule has 96 valence electrons. The molecule has 0 amide bonds. The largest absolute Gasteiger partial charge is 0.381 e. The van der Waals surface area contributed by atoms with Crippen molar-refractivity contribution in [3.8, 4) is 0 Å². The van der Waals surface area contributed by atoms with Gasteiger partial charge in [-0.15, -0.1) is 22.9 Å². The minimum Gasteiger partial charge on any atom is -0.381 e. The van der Waals surface area contributed by atoms with E-state index in [-0.39, 0.29) is 5.54 Å². The first kappa shape index (κ1) is 12.1. The Kier molecular flexibility index (Phi) is 3.37. The Morgan fingerprint density at radius 1 is 1.39 bits per heavy atom. The second kappa shape index (κ2) is 4.99. The molecule has 2 aromatic heterocycles. The number of nitrogens with zero attached hydrogens (tertiary/aromatic N) is 2. The maximum absolute atomic E-state index is 6.15. The highest BCUT2D eigenvalue weighted by atomic mass is 35.5. The summed E-state index contributed by atoms with van der Waals surface area (Å²) in [4.78, 5) is 9.61. The minimum atomic E-state index is -0.108. The number of hydrogen-bond acceptors (Lipinski definition) is 5. The molecule has 3 rings (SSSR count). The van der Waals surface area contributed by atoms with Gasteiger partial charge in [0.1, 0.15) is 17.0 Å². The third-order valence-electron chi connectivity index (χ3n) is 3.35. The molecule has 1 fully saturated rings. The van der Waals surface area contributed by atoms with Gasteiger partial charge in [-0.1, -0.05) is 0 Å². The van der Waals surface area contributed by atoms with Gasteiger partial charge in [0.2, 0.25) is 0 Å². The van der Waals surface area contributed by atoms with Crippen LogP contribution in [0.3, 0.4) is 0 Å². The highest BCUT2D eigenvalue weighted by molar-refractivity contribution is 7.16. The molecule has 0 saturated carbocycles. The summed E-state index contributed by atoms with van der Waals surface area (Å²) < 4.78 is 5.41. The molecule has 1 aliphatic rings. The lowest BCUT2D eigenvalue weighted by atomic mass is 9.92. The average Bonchev–Trinajstić information content (AvgIpc) is 2.89. The zero-order valence-electron chi connectivity index (χ0n) is 9.86. The minimum absolute atomic E-state index is 0.108. The lowest BCUT2D eigenvalue weighted by Gasteiger charge is -2.36. The Bertz CT molecular complexity index is 539. The van der Waals surface area contributed by atoms with E-state index in [4.69, 9.17) is 16.3 Å². The van der Waals surface area contributed by atoms with Gasteiger partial charge < -0.3 is 10.1 Å². The average molecular weight is 284 g/mol. The van der Waals surface area contributed by atoms with Crippen molar-refractivity contribution in [3.63, 3.8) is 0 Å². The summed E-state index contributed by atoms with van der Waals surface area (Å²) in [7, 11) is 0. The molecule has 0 atom stereocenters. The molecule has 1 aliphatic heterocycles. The number of aromatic nitrogens is 2. The van der Waals surface area contributed by atoms with Crippen LogP contribution in [0, 0.1) is 0 Å². The Morgan fingerprint density at radius 3 is 3.00 bits per heavy atom. The molecule has 4 nitrogen and oxygen atoms in total. The molecule has 0 unspecified atom stereocenters. The lowest BCUT2D eigenvalue weighted by molar-refractivity contribution is 0.0667. The van der Waals surface area contributed by atoms with Crippen LogP contribution in [0.4, 0.5) is 5.82 Å². The van der Waals surface area contributed by atoms with Crippen LogP contribution in [0.15, 0.2) is 17.8 Å². The Labute approximate surface area is 114 Å². The zero-order chi connectivity index (χ0) is 12.4. The lowest BCUT2D eigenvalue weighted by Crippen LogP contribution is -2.45. The van der Waals surface area contributed by atoms with Crippen LogP contribution in [-0.4, -0.2) is 34.6 Å². The topological polar surface area (TPSA) is 47.0 Å². The van der Waals surface area contributed by atoms with Gasteiger partial charge >= 0.3 is 0 Å². The molecule has 1 saturated heterocycles. The maximum Gasteiger partial charge on any atom is 0.138 e. The summed E-state index contributed by atoms with van der Waals surface area (Å²) in [5.41, 5.74) is -0.108. The number of ether oxygens (including phenoxy) is 1. The van der Waals surface area contributed by atoms with Crippen LogP contribution in [0.1, 0.15) is 12.8 Å². The molecule has 0 aromatic carbocycles. The molecule has 3 heterocycles. The maximum atomic E-state index is 6.15. The molecule has 0 bridgehead atoms. The zero-order valence-corrected chi connectivity index (χ0v) is 11.4. The van der Waals surface area contributed by atoms with Crippen molar-refractivity contribution in [3.05, 3.63) is 17.8 Å². The molecule has 1 N–H and O–H groups in total. The highest BCUT2D eigenvalue weighted by Crippen LogP contribution is 2.30. The first-order valence-corrected chi connectivity index (χ1v) is 7.34. The molecule has 0 spiro atoms. The van der Waals surface area contributed by atoms with E-state index >= 15 is 0 Å². The van der Waals surface area contributed by atoms with Crippen LogP contribution in [0.25, 0.3) is 10.2 Å². The molecule has 2 aromatic rings. The summed E-state index contributed by atoms with van der Waals surface area (Å²) in [6.45, 7) is 1.50. The number of hydrogen-bond donors (Lipinski definition) is 1. The molecule has 6 heteroatoms. The summed E-state index contributed by atoms with van der Waals surface area (Å²) in [5.74, 6) is 1.44. The summed E-state index contributed by atoms with van der Waals surface area (Å²) in [5, 5.41) is 6.61. The van der Waals surface area contributed by atoms with E-state index in [1.807, 2.05) is 11.4 Å². The van der Waals surface area contributed by atoms with Crippen molar-refractivity contribution in [2.45, 2.75) is 18.4 Å². The number of nitrogens with one attached hydrogen (secondary N) is 1. The molecule has 18 heavy (non-hydrogen) atoms. The molecule has 0 radical (unpaired) electrons. The summed E-state index contributed by atoms with van der Waals surface area (Å²) in [6, 6.07) is 2.05. The Morgan fingerprint density at radius 2 is 2.22 bits per heavy atom. The fraction of sp³-hybridized carbons (Fsp3) is 0.500. The monoisotopic (exact) mass is 283 g/mol. The number of fused-ring (bicyclic) bond motifs is 1. The fourth-order valence-corrected chi connectivity index (χ4v) is 3.26. The standard InChI is InChI=1S/C12H14ClN3OS/c13-7-12(2-4-17-5-3-12)16-10-9-1-6-18-11(9)15-8-14-10/h1,6,8H,2-5,7H2,(H,14,15,16). The van der Waals surface area contributed by atoms with Gasteiger partial charge in [0, 0.05) is 19.1 Å². The predicted octanol–water partition coefficient (Wildman–Crippen LogP) is 2.89. The van der Waals surface area contributed by atoms with E-state index < -0.39 is 0 Å². The van der Waals surface area contributed by atoms with Crippen molar-refractivity contribution >= 4 is 39.0 Å². The SMILES string of the molecule is ClCC1(Nc2ncnc3sccc23)CCOCC1. The first-order chi connectivity index (χ1) is 8.83. The smallest absolute Gasteiger partial charge is 0.138 e. The predicted molar refractivity (Wildman–Crippen MR) is 74.5 cm³/mol. The fourth-order valence-electron chi connectivity index (χ4n) is 2.20. The van der Waals surface area contributed by atoms with Crippen molar-refractivity contribution < 1.29 is 4.74 Å². The van der Waals surface area contributed by atoms with Crippen LogP contribution >= 0.6 is 22.9 Å². The second-order valence-corrected chi connectivity index (χ2v) is 5.67. The van der Waals surface area contributed by atoms with Gasteiger partial charge in [0.05, 0.1) is 10.9 Å². The Balaban J connectivity index is 1.92. The summed E-state index contributed by atoms with van der Waals surface area (Å²) in [6.07, 6.45) is 3.42. The summed E-state index contributed by atoms with van der Waals surface area (Å²) >= 11 is 7.77. The van der Waals surface area contributed by atoms with Crippen molar-refractivity contribution in [2.24, 2.45) is 0 Å². The normalized spacial score (nSPS) is 18.9. The molecular formula is C12H14ClN3OS. The molecular weight excluding hydrogens is 270 g/mol. The second-order valence-electron chi connectivity index (χ2n) is 4.51. The van der Waals surface area contributed by atoms with Gasteiger partial charge in [-0.25, -0.2) is 9.97 Å². The number of rotatable bonds is 3. The van der Waals surface area contributed by atoms with E-state index in [0.29, 0.717) is 5.88 Å². The van der Waals surface area contributed by atoms with Crippen LogP contribution in [0.2, 0.25) is 0 Å². The molecule has 0 aliphatic carbocycles. The third kappa shape index (κ3) is 2.18. The van der Waals surface area contributed by atoms with Gasteiger partial charge in [-0.3, -0.25) is 0 Å². The van der Waals surface area contributed by atoms with Crippen LogP contribution in [-0.2, 0) is 4.74 Å². The van der Waals surface area contributed by atoms with Gasteiger partial charge in [-0.2, -0.15) is 0 Å². The number of halogens is 1. The van der Waals surface area contributed by atoms with E-state index in [0.717, 1.165) is 42.1 Å². The van der Waals surface area contributed by atoms with Crippen molar-refractivity contribution in [1.29, 1.82) is 0 Å². The van der Waals surface area contributed by atoms with Crippen molar-refractivity contribution in [1.82, 2.24) is 9.97 Å². The van der Waals surface area contributed by atoms with Crippen LogP contribution in [0.5, 0.6) is 0 Å². The van der Waals surface area contributed by atoms with Gasteiger partial charge in [0.15, 0.2) is 0 Å².